The lowest BCUT2D eigenvalue weighted by atomic mass is 9.63. The second-order valence-electron chi connectivity index (χ2n) is 7.51. The molecule has 1 aromatic carbocycles. The van der Waals surface area contributed by atoms with Crippen LogP contribution in [0.3, 0.4) is 0 Å². The molecule has 1 N–H and O–H groups in total. The maximum atomic E-state index is 11.9. The molecule has 1 fully saturated rings. The van der Waals surface area contributed by atoms with E-state index in [0.717, 1.165) is 38.5 Å². The minimum absolute atomic E-state index is 0.310. The lowest BCUT2D eigenvalue weighted by molar-refractivity contribution is -0.153. The van der Waals surface area contributed by atoms with E-state index in [9.17, 15) is 9.90 Å². The van der Waals surface area contributed by atoms with Crippen LogP contribution in [0.4, 0.5) is 0 Å². The molecule has 0 amide bonds. The Kier molecular flexibility index (Phi) is 3.81. The Morgan fingerprint density at radius 1 is 1.24 bits per heavy atom. The van der Waals surface area contributed by atoms with Gasteiger partial charge in [0.2, 0.25) is 0 Å². The van der Waals surface area contributed by atoms with E-state index >= 15 is 0 Å². The number of hydrogen-bond acceptors (Lipinski definition) is 2. The van der Waals surface area contributed by atoms with Crippen LogP contribution in [0.1, 0.15) is 51.5 Å². The normalized spacial score (nSPS) is 26.3. The molecule has 3 heteroatoms. The van der Waals surface area contributed by atoms with Crippen molar-refractivity contribution in [2.75, 3.05) is 0 Å². The molecule has 0 bridgehead atoms. The maximum Gasteiger partial charge on any atom is 0.309 e. The molecule has 2 nitrogen and oxygen atoms in total. The molecule has 1 aromatic rings. The molecule has 114 valence electrons. The number of rotatable bonds is 3. The Labute approximate surface area is 131 Å². The van der Waals surface area contributed by atoms with E-state index in [-0.39, 0.29) is 0 Å². The SMILES string of the molecule is CC1(C)CCC(CC2Cc3ccccc3S2)(C(=O)O)CC1. The van der Waals surface area contributed by atoms with Crippen molar-refractivity contribution in [3.05, 3.63) is 29.8 Å². The molecule has 0 aromatic heterocycles. The molecule has 2 aliphatic rings. The number of carboxylic acids is 1. The van der Waals surface area contributed by atoms with E-state index in [4.69, 9.17) is 0 Å². The monoisotopic (exact) mass is 304 g/mol. The minimum Gasteiger partial charge on any atom is -0.481 e. The van der Waals surface area contributed by atoms with Crippen LogP contribution >= 0.6 is 11.8 Å². The van der Waals surface area contributed by atoms with Gasteiger partial charge in [-0.1, -0.05) is 32.0 Å². The number of carboxylic acid groups (broad SMARTS) is 1. The van der Waals surface area contributed by atoms with Crippen LogP contribution in [-0.2, 0) is 11.2 Å². The highest BCUT2D eigenvalue weighted by Gasteiger charge is 2.46. The van der Waals surface area contributed by atoms with Crippen molar-refractivity contribution >= 4 is 17.7 Å². The van der Waals surface area contributed by atoms with Crippen molar-refractivity contribution in [3.63, 3.8) is 0 Å². The van der Waals surface area contributed by atoms with Gasteiger partial charge in [-0.25, -0.2) is 0 Å². The Morgan fingerprint density at radius 2 is 1.90 bits per heavy atom. The molecular formula is C18H24O2S. The fraction of sp³-hybridized carbons (Fsp3) is 0.611. The summed E-state index contributed by atoms with van der Waals surface area (Å²) in [4.78, 5) is 13.3. The third-order valence-corrected chi connectivity index (χ3v) is 6.67. The quantitative estimate of drug-likeness (QED) is 0.874. The molecule has 1 aliphatic heterocycles. The van der Waals surface area contributed by atoms with Gasteiger partial charge in [-0.3, -0.25) is 4.79 Å². The first kappa shape index (κ1) is 15.0. The maximum absolute atomic E-state index is 11.9. The van der Waals surface area contributed by atoms with Crippen molar-refractivity contribution in [1.29, 1.82) is 0 Å². The van der Waals surface area contributed by atoms with Gasteiger partial charge in [0.15, 0.2) is 0 Å². The summed E-state index contributed by atoms with van der Waals surface area (Å²) >= 11 is 1.88. The predicted molar refractivity (Wildman–Crippen MR) is 86.7 cm³/mol. The van der Waals surface area contributed by atoms with Crippen molar-refractivity contribution in [2.45, 2.75) is 62.5 Å². The minimum atomic E-state index is -0.574. The lowest BCUT2D eigenvalue weighted by Crippen LogP contribution is -2.39. The van der Waals surface area contributed by atoms with E-state index in [0.29, 0.717) is 10.7 Å². The summed E-state index contributed by atoms with van der Waals surface area (Å²) in [5.74, 6) is -0.574. The fourth-order valence-corrected chi connectivity index (χ4v) is 5.20. The Morgan fingerprint density at radius 3 is 2.52 bits per heavy atom. The molecular weight excluding hydrogens is 280 g/mol. The molecule has 1 heterocycles. The third-order valence-electron chi connectivity index (χ3n) is 5.35. The molecule has 0 saturated heterocycles. The first-order chi connectivity index (χ1) is 9.90. The first-order valence-corrected chi connectivity index (χ1v) is 8.76. The van der Waals surface area contributed by atoms with Crippen molar-refractivity contribution < 1.29 is 9.90 Å². The highest BCUT2D eigenvalue weighted by atomic mass is 32.2. The van der Waals surface area contributed by atoms with Gasteiger partial charge >= 0.3 is 5.97 Å². The van der Waals surface area contributed by atoms with Crippen molar-refractivity contribution in [1.82, 2.24) is 0 Å². The van der Waals surface area contributed by atoms with E-state index in [1.165, 1.54) is 10.5 Å². The summed E-state index contributed by atoms with van der Waals surface area (Å²) < 4.78 is 0. The standard InChI is InChI=1S/C18H24O2S/c1-17(2)7-9-18(10-8-17,16(19)20)12-14-11-13-5-3-4-6-15(13)21-14/h3-6,14H,7-12H2,1-2H3,(H,19,20). The van der Waals surface area contributed by atoms with E-state index < -0.39 is 11.4 Å². The highest BCUT2D eigenvalue weighted by Crippen LogP contribution is 2.51. The summed E-state index contributed by atoms with van der Waals surface area (Å²) in [6, 6.07) is 8.50. The topological polar surface area (TPSA) is 37.3 Å². The zero-order chi connectivity index (χ0) is 15.1. The summed E-state index contributed by atoms with van der Waals surface area (Å²) in [5.41, 5.74) is 1.21. The average molecular weight is 304 g/mol. The Balaban J connectivity index is 1.72. The second-order valence-corrected chi connectivity index (χ2v) is 8.85. The van der Waals surface area contributed by atoms with Crippen LogP contribution in [-0.4, -0.2) is 16.3 Å². The number of carbonyl (C=O) groups is 1. The van der Waals surface area contributed by atoms with Crippen LogP contribution in [0.5, 0.6) is 0 Å². The third kappa shape index (κ3) is 2.98. The summed E-state index contributed by atoms with van der Waals surface area (Å²) in [7, 11) is 0. The van der Waals surface area contributed by atoms with Crippen LogP contribution in [0.2, 0.25) is 0 Å². The molecule has 1 unspecified atom stereocenters. The second kappa shape index (κ2) is 5.35. The van der Waals surface area contributed by atoms with Crippen LogP contribution in [0.25, 0.3) is 0 Å². The van der Waals surface area contributed by atoms with Gasteiger partial charge in [-0.2, -0.15) is 0 Å². The van der Waals surface area contributed by atoms with E-state index in [1.54, 1.807) is 0 Å². The first-order valence-electron chi connectivity index (χ1n) is 7.88. The number of hydrogen-bond donors (Lipinski definition) is 1. The largest absolute Gasteiger partial charge is 0.481 e. The number of thioether (sulfide) groups is 1. The zero-order valence-corrected chi connectivity index (χ0v) is 13.7. The molecule has 1 aliphatic carbocycles. The molecule has 1 saturated carbocycles. The molecule has 0 spiro atoms. The van der Waals surface area contributed by atoms with E-state index in [1.807, 2.05) is 11.8 Å². The Hall–Kier alpha value is -0.960. The number of fused-ring (bicyclic) bond motifs is 1. The van der Waals surface area contributed by atoms with Gasteiger partial charge in [-0.05, 0) is 55.6 Å². The summed E-state index contributed by atoms with van der Waals surface area (Å²) in [6.45, 7) is 4.53. The van der Waals surface area contributed by atoms with Crippen molar-refractivity contribution in [3.8, 4) is 0 Å². The van der Waals surface area contributed by atoms with Crippen molar-refractivity contribution in [2.24, 2.45) is 10.8 Å². The molecule has 0 radical (unpaired) electrons. The highest BCUT2D eigenvalue weighted by molar-refractivity contribution is 8.00. The van der Waals surface area contributed by atoms with Gasteiger partial charge in [0, 0.05) is 10.1 Å². The predicted octanol–water partition coefficient (Wildman–Crippen LogP) is 4.76. The zero-order valence-electron chi connectivity index (χ0n) is 12.9. The van der Waals surface area contributed by atoms with Gasteiger partial charge in [0.05, 0.1) is 5.41 Å². The summed E-state index contributed by atoms with van der Waals surface area (Å²) in [6.07, 6.45) is 5.58. The van der Waals surface area contributed by atoms with Crippen LogP contribution < -0.4 is 0 Å². The number of aliphatic carboxylic acids is 1. The average Bonchev–Trinajstić information content (AvgIpc) is 2.83. The van der Waals surface area contributed by atoms with Gasteiger partial charge in [0.25, 0.3) is 0 Å². The van der Waals surface area contributed by atoms with Crippen LogP contribution in [0, 0.1) is 10.8 Å². The fourth-order valence-electron chi connectivity index (χ4n) is 3.71. The lowest BCUT2D eigenvalue weighted by Gasteiger charge is -2.41. The molecule has 3 rings (SSSR count). The molecule has 21 heavy (non-hydrogen) atoms. The van der Waals surface area contributed by atoms with E-state index in [2.05, 4.69) is 38.1 Å². The Bertz CT molecular complexity index is 515. The van der Waals surface area contributed by atoms with Gasteiger partial charge in [0.1, 0.15) is 0 Å². The van der Waals surface area contributed by atoms with Crippen LogP contribution in [0.15, 0.2) is 29.2 Å². The smallest absolute Gasteiger partial charge is 0.309 e. The van der Waals surface area contributed by atoms with Gasteiger partial charge < -0.3 is 5.11 Å². The molecule has 1 atom stereocenters. The number of benzene rings is 1. The van der Waals surface area contributed by atoms with Gasteiger partial charge in [-0.15, -0.1) is 11.8 Å². The summed E-state index contributed by atoms with van der Waals surface area (Å²) in [5, 5.41) is 10.3.